The van der Waals surface area contributed by atoms with Crippen LogP contribution in [0.15, 0.2) is 0 Å². The highest BCUT2D eigenvalue weighted by atomic mass is 16.1. The molecule has 2 aliphatic carbocycles. The van der Waals surface area contributed by atoms with Crippen molar-refractivity contribution in [1.29, 1.82) is 0 Å². The molecule has 2 rings (SSSR count). The van der Waals surface area contributed by atoms with E-state index in [0.29, 0.717) is 5.78 Å². The molecule has 0 aromatic rings. The molecule has 1 heteroatoms. The SMILES string of the molecule is CC(C)(C)C(=O)C1(C2CCCCC2)CC1. The predicted octanol–water partition coefficient (Wildman–Crippen LogP) is 3.96. The molecule has 0 atom stereocenters. The third-order valence-corrected chi connectivity index (χ3v) is 4.31. The Kier molecular flexibility index (Phi) is 2.68. The standard InChI is InChI=1S/C14H24O/c1-13(2,3)12(15)14(9-10-14)11-7-5-4-6-8-11/h11H,4-10H2,1-3H3. The first-order valence-corrected chi connectivity index (χ1v) is 6.52. The summed E-state index contributed by atoms with van der Waals surface area (Å²) in [7, 11) is 0. The minimum absolute atomic E-state index is 0.124. The van der Waals surface area contributed by atoms with Gasteiger partial charge in [-0.2, -0.15) is 0 Å². The van der Waals surface area contributed by atoms with Crippen LogP contribution < -0.4 is 0 Å². The number of hydrogen-bond acceptors (Lipinski definition) is 1. The summed E-state index contributed by atoms with van der Waals surface area (Å²) in [6.45, 7) is 6.24. The smallest absolute Gasteiger partial charge is 0.144 e. The van der Waals surface area contributed by atoms with Gasteiger partial charge in [-0.15, -0.1) is 0 Å². The van der Waals surface area contributed by atoms with Gasteiger partial charge < -0.3 is 0 Å². The number of ketones is 1. The minimum Gasteiger partial charge on any atom is -0.298 e. The fraction of sp³-hybridized carbons (Fsp3) is 0.929. The van der Waals surface area contributed by atoms with Gasteiger partial charge in [0.25, 0.3) is 0 Å². The zero-order valence-electron chi connectivity index (χ0n) is 10.4. The molecule has 0 spiro atoms. The van der Waals surface area contributed by atoms with E-state index in [4.69, 9.17) is 0 Å². The quantitative estimate of drug-likeness (QED) is 0.671. The molecule has 0 amide bonds. The molecule has 86 valence electrons. The van der Waals surface area contributed by atoms with Crippen LogP contribution in [-0.4, -0.2) is 5.78 Å². The summed E-state index contributed by atoms with van der Waals surface area (Å²) in [6.07, 6.45) is 9.05. The van der Waals surface area contributed by atoms with Crippen LogP contribution in [0, 0.1) is 16.7 Å². The van der Waals surface area contributed by atoms with Crippen LogP contribution in [0.3, 0.4) is 0 Å². The molecule has 0 heterocycles. The van der Waals surface area contributed by atoms with Gasteiger partial charge in [0.15, 0.2) is 0 Å². The lowest BCUT2D eigenvalue weighted by molar-refractivity contribution is -0.134. The Bertz CT molecular complexity index is 249. The zero-order chi connectivity index (χ0) is 11.1. The van der Waals surface area contributed by atoms with E-state index >= 15 is 0 Å². The fourth-order valence-electron chi connectivity index (χ4n) is 3.36. The van der Waals surface area contributed by atoms with Crippen LogP contribution >= 0.6 is 0 Å². The van der Waals surface area contributed by atoms with E-state index < -0.39 is 0 Å². The van der Waals surface area contributed by atoms with Gasteiger partial charge >= 0.3 is 0 Å². The highest BCUT2D eigenvalue weighted by molar-refractivity contribution is 5.92. The van der Waals surface area contributed by atoms with Crippen LogP contribution in [0.2, 0.25) is 0 Å². The molecule has 0 aromatic carbocycles. The van der Waals surface area contributed by atoms with Crippen molar-refractivity contribution in [3.8, 4) is 0 Å². The van der Waals surface area contributed by atoms with E-state index in [-0.39, 0.29) is 10.8 Å². The Hall–Kier alpha value is -0.330. The van der Waals surface area contributed by atoms with Gasteiger partial charge in [0.1, 0.15) is 5.78 Å². The number of carbonyl (C=O) groups is 1. The molecule has 2 fully saturated rings. The van der Waals surface area contributed by atoms with Crippen molar-refractivity contribution in [3.05, 3.63) is 0 Å². The van der Waals surface area contributed by atoms with Crippen molar-refractivity contribution in [1.82, 2.24) is 0 Å². The molecule has 2 saturated carbocycles. The van der Waals surface area contributed by atoms with Crippen LogP contribution in [0.25, 0.3) is 0 Å². The first kappa shape index (κ1) is 11.2. The Morgan fingerprint density at radius 2 is 1.60 bits per heavy atom. The van der Waals surface area contributed by atoms with Crippen LogP contribution in [0.1, 0.15) is 65.7 Å². The molecule has 2 aliphatic rings. The molecule has 0 unspecified atom stereocenters. The van der Waals surface area contributed by atoms with Gasteiger partial charge in [-0.25, -0.2) is 0 Å². The summed E-state index contributed by atoms with van der Waals surface area (Å²) in [4.78, 5) is 12.4. The van der Waals surface area contributed by atoms with Crippen LogP contribution in [0.4, 0.5) is 0 Å². The molecular formula is C14H24O. The van der Waals surface area contributed by atoms with Gasteiger partial charge in [-0.05, 0) is 31.6 Å². The van der Waals surface area contributed by atoms with Crippen molar-refractivity contribution >= 4 is 5.78 Å². The van der Waals surface area contributed by atoms with E-state index in [2.05, 4.69) is 20.8 Å². The zero-order valence-corrected chi connectivity index (χ0v) is 10.4. The molecule has 0 saturated heterocycles. The average Bonchev–Trinajstić information content (AvgIpc) is 2.97. The maximum absolute atomic E-state index is 12.4. The third-order valence-electron chi connectivity index (χ3n) is 4.31. The second-order valence-electron chi connectivity index (χ2n) is 6.57. The van der Waals surface area contributed by atoms with Crippen molar-refractivity contribution in [2.24, 2.45) is 16.7 Å². The van der Waals surface area contributed by atoms with Crippen LogP contribution in [-0.2, 0) is 4.79 Å². The largest absolute Gasteiger partial charge is 0.298 e. The van der Waals surface area contributed by atoms with Crippen molar-refractivity contribution < 1.29 is 4.79 Å². The van der Waals surface area contributed by atoms with E-state index in [1.165, 1.54) is 44.9 Å². The second-order valence-corrected chi connectivity index (χ2v) is 6.57. The molecule has 0 aromatic heterocycles. The predicted molar refractivity (Wildman–Crippen MR) is 62.7 cm³/mol. The first-order valence-electron chi connectivity index (χ1n) is 6.52. The first-order chi connectivity index (χ1) is 6.97. The maximum Gasteiger partial charge on any atom is 0.144 e. The highest BCUT2D eigenvalue weighted by Gasteiger charge is 2.57. The number of hydrogen-bond donors (Lipinski definition) is 0. The summed E-state index contributed by atoms with van der Waals surface area (Å²) in [5.74, 6) is 1.26. The molecule has 0 N–H and O–H groups in total. The van der Waals surface area contributed by atoms with E-state index in [0.717, 1.165) is 5.92 Å². The van der Waals surface area contributed by atoms with Gasteiger partial charge in [-0.3, -0.25) is 4.79 Å². The molecule has 15 heavy (non-hydrogen) atoms. The lowest BCUT2D eigenvalue weighted by Crippen LogP contribution is -2.35. The van der Waals surface area contributed by atoms with Gasteiger partial charge in [0.2, 0.25) is 0 Å². The fourth-order valence-corrected chi connectivity index (χ4v) is 3.36. The summed E-state index contributed by atoms with van der Waals surface area (Å²) >= 11 is 0. The highest BCUT2D eigenvalue weighted by Crippen LogP contribution is 2.59. The minimum atomic E-state index is -0.131. The molecule has 1 nitrogen and oxygen atoms in total. The summed E-state index contributed by atoms with van der Waals surface area (Å²) in [5.41, 5.74) is -0.00732. The normalized spacial score (nSPS) is 26.3. The lowest BCUT2D eigenvalue weighted by Gasteiger charge is -2.33. The Morgan fingerprint density at radius 3 is 2.00 bits per heavy atom. The molecule has 0 radical (unpaired) electrons. The number of Topliss-reactive ketones (excluding diaryl/α,β-unsaturated/α-hetero) is 1. The molecule has 0 aliphatic heterocycles. The molecular weight excluding hydrogens is 184 g/mol. The topological polar surface area (TPSA) is 17.1 Å². The monoisotopic (exact) mass is 208 g/mol. The van der Waals surface area contributed by atoms with Crippen LogP contribution in [0.5, 0.6) is 0 Å². The Morgan fingerprint density at radius 1 is 1.07 bits per heavy atom. The van der Waals surface area contributed by atoms with E-state index in [9.17, 15) is 4.79 Å². The van der Waals surface area contributed by atoms with Crippen molar-refractivity contribution in [2.45, 2.75) is 65.7 Å². The number of rotatable bonds is 2. The summed E-state index contributed by atoms with van der Waals surface area (Å²) in [6, 6.07) is 0. The lowest BCUT2D eigenvalue weighted by atomic mass is 9.70. The summed E-state index contributed by atoms with van der Waals surface area (Å²) < 4.78 is 0. The average molecular weight is 208 g/mol. The van der Waals surface area contributed by atoms with Gasteiger partial charge in [-0.1, -0.05) is 40.0 Å². The van der Waals surface area contributed by atoms with Gasteiger partial charge in [0, 0.05) is 10.8 Å². The van der Waals surface area contributed by atoms with Crippen molar-refractivity contribution in [2.75, 3.05) is 0 Å². The van der Waals surface area contributed by atoms with Gasteiger partial charge in [0.05, 0.1) is 0 Å². The second kappa shape index (κ2) is 3.61. The number of carbonyl (C=O) groups excluding carboxylic acids is 1. The van der Waals surface area contributed by atoms with Crippen molar-refractivity contribution in [3.63, 3.8) is 0 Å². The Balaban J connectivity index is 2.09. The summed E-state index contributed by atoms with van der Waals surface area (Å²) in [5, 5.41) is 0. The van der Waals surface area contributed by atoms with E-state index in [1.54, 1.807) is 0 Å². The van der Waals surface area contributed by atoms with E-state index in [1.807, 2.05) is 0 Å². The Labute approximate surface area is 93.6 Å². The molecule has 0 bridgehead atoms. The third kappa shape index (κ3) is 1.98. The maximum atomic E-state index is 12.4.